The monoisotopic (exact) mass is 440 g/mol. The van der Waals surface area contributed by atoms with Crippen molar-refractivity contribution in [2.75, 3.05) is 32.8 Å². The van der Waals surface area contributed by atoms with E-state index < -0.39 is 0 Å². The number of aryl methyl sites for hydroxylation is 2. The molecule has 2 aromatic heterocycles. The van der Waals surface area contributed by atoms with E-state index >= 15 is 0 Å². The second-order valence-corrected chi connectivity index (χ2v) is 9.44. The van der Waals surface area contributed by atoms with E-state index in [0.717, 1.165) is 54.7 Å². The van der Waals surface area contributed by atoms with Crippen molar-refractivity contribution in [3.8, 4) is 0 Å². The Hall–Kier alpha value is -2.68. The van der Waals surface area contributed by atoms with Crippen LogP contribution in [0, 0.1) is 5.92 Å². The van der Waals surface area contributed by atoms with Crippen LogP contribution in [0.25, 0.3) is 0 Å². The first kappa shape index (κ1) is 21.2. The normalized spacial score (nSPS) is 18.2. The van der Waals surface area contributed by atoms with Gasteiger partial charge < -0.3 is 14.5 Å². The van der Waals surface area contributed by atoms with Gasteiger partial charge >= 0.3 is 0 Å². The van der Waals surface area contributed by atoms with E-state index in [-0.39, 0.29) is 11.8 Å². The van der Waals surface area contributed by atoms with Crippen molar-refractivity contribution in [2.24, 2.45) is 5.92 Å². The van der Waals surface area contributed by atoms with Crippen LogP contribution < -0.4 is 0 Å². The summed E-state index contributed by atoms with van der Waals surface area (Å²) >= 11 is 0. The summed E-state index contributed by atoms with van der Waals surface area (Å²) in [7, 11) is 0. The third-order valence-electron chi connectivity index (χ3n) is 6.85. The molecule has 32 heavy (non-hydrogen) atoms. The zero-order valence-corrected chi connectivity index (χ0v) is 19.0. The van der Waals surface area contributed by atoms with E-state index in [1.807, 2.05) is 14.5 Å². The Balaban J connectivity index is 1.43. The van der Waals surface area contributed by atoms with E-state index in [1.54, 1.807) is 0 Å². The molecule has 9 nitrogen and oxygen atoms in total. The van der Waals surface area contributed by atoms with E-state index in [0.29, 0.717) is 63.1 Å². The van der Waals surface area contributed by atoms with Crippen LogP contribution in [0.3, 0.4) is 0 Å². The molecule has 1 saturated heterocycles. The molecular weight excluding hydrogens is 408 g/mol. The topological polar surface area (TPSA) is 96.3 Å². The summed E-state index contributed by atoms with van der Waals surface area (Å²) < 4.78 is 7.42. The lowest BCUT2D eigenvalue weighted by Crippen LogP contribution is -2.42. The molecule has 0 spiro atoms. The molecule has 4 heterocycles. The zero-order chi connectivity index (χ0) is 22.2. The van der Waals surface area contributed by atoms with Gasteiger partial charge in [0, 0.05) is 55.1 Å². The Morgan fingerprint density at radius 1 is 1.00 bits per heavy atom. The average molecular weight is 441 g/mol. The first-order valence-corrected chi connectivity index (χ1v) is 11.8. The highest BCUT2D eigenvalue weighted by Crippen LogP contribution is 2.28. The molecule has 2 aromatic rings. The number of carbonyl (C=O) groups excluding carboxylic acids is 2. The lowest BCUT2D eigenvalue weighted by atomic mass is 10.0. The van der Waals surface area contributed by atoms with Gasteiger partial charge in [-0.1, -0.05) is 13.8 Å². The molecule has 0 radical (unpaired) electrons. The van der Waals surface area contributed by atoms with E-state index in [2.05, 4.69) is 24.0 Å². The summed E-state index contributed by atoms with van der Waals surface area (Å²) in [5, 5.41) is 12.1. The van der Waals surface area contributed by atoms with Gasteiger partial charge in [-0.2, -0.15) is 10.2 Å². The third-order valence-corrected chi connectivity index (χ3v) is 6.85. The number of hydrogen-bond donors (Lipinski definition) is 1. The van der Waals surface area contributed by atoms with Crippen molar-refractivity contribution < 1.29 is 14.3 Å². The number of aromatic nitrogens is 4. The molecule has 0 atom stereocenters. The predicted octanol–water partition coefficient (Wildman–Crippen LogP) is 1.81. The zero-order valence-electron chi connectivity index (χ0n) is 19.0. The third kappa shape index (κ3) is 3.83. The van der Waals surface area contributed by atoms with Crippen LogP contribution in [0.4, 0.5) is 0 Å². The average Bonchev–Trinajstić information content (AvgIpc) is 3.51. The summed E-state index contributed by atoms with van der Waals surface area (Å²) in [5.41, 5.74) is 5.20. The van der Waals surface area contributed by atoms with Gasteiger partial charge in [0.1, 0.15) is 0 Å². The molecule has 5 rings (SSSR count). The number of amides is 2. The second kappa shape index (κ2) is 8.69. The molecule has 2 amide bonds. The van der Waals surface area contributed by atoms with Crippen molar-refractivity contribution >= 4 is 11.8 Å². The van der Waals surface area contributed by atoms with Gasteiger partial charge in [-0.15, -0.1) is 0 Å². The number of carbonyl (C=O) groups is 2. The smallest absolute Gasteiger partial charge is 0.274 e. The fraction of sp³-hybridized carbons (Fsp3) is 0.652. The van der Waals surface area contributed by atoms with Gasteiger partial charge in [0.25, 0.3) is 11.8 Å². The molecule has 1 fully saturated rings. The van der Waals surface area contributed by atoms with Crippen LogP contribution in [-0.2, 0) is 37.1 Å². The summed E-state index contributed by atoms with van der Waals surface area (Å²) in [6.07, 6.45) is 4.63. The van der Waals surface area contributed by atoms with Crippen molar-refractivity contribution in [1.82, 2.24) is 29.8 Å². The molecule has 172 valence electrons. The number of ether oxygens (including phenoxy) is 1. The summed E-state index contributed by atoms with van der Waals surface area (Å²) in [5.74, 6) is 0.453. The Kier molecular flexibility index (Phi) is 5.75. The van der Waals surface area contributed by atoms with Gasteiger partial charge in [0.05, 0.1) is 19.8 Å². The Morgan fingerprint density at radius 2 is 1.78 bits per heavy atom. The molecule has 0 unspecified atom stereocenters. The SMILES string of the molecule is CC(C)CCn1nc(C(=O)N2CCOCC2)c2c1CCN(C(=O)c1n[nH]c3c1CCC3)C2. The van der Waals surface area contributed by atoms with Gasteiger partial charge in [-0.05, 0) is 31.6 Å². The molecular formula is C23H32N6O3. The number of nitrogens with one attached hydrogen (secondary N) is 1. The van der Waals surface area contributed by atoms with Crippen LogP contribution in [0.15, 0.2) is 0 Å². The maximum absolute atomic E-state index is 13.4. The fourth-order valence-corrected chi connectivity index (χ4v) is 4.96. The number of nitrogens with zero attached hydrogens (tertiary/aromatic N) is 5. The molecule has 3 aliphatic rings. The molecule has 0 saturated carbocycles. The van der Waals surface area contributed by atoms with E-state index in [9.17, 15) is 9.59 Å². The van der Waals surface area contributed by atoms with Crippen LogP contribution in [-0.4, -0.2) is 74.4 Å². The van der Waals surface area contributed by atoms with Crippen molar-refractivity contribution in [3.63, 3.8) is 0 Å². The van der Waals surface area contributed by atoms with Gasteiger partial charge in [-0.25, -0.2) is 0 Å². The molecule has 1 N–H and O–H groups in total. The minimum Gasteiger partial charge on any atom is -0.378 e. The quantitative estimate of drug-likeness (QED) is 0.765. The molecule has 0 aromatic carbocycles. The summed E-state index contributed by atoms with van der Waals surface area (Å²) in [6.45, 7) is 8.46. The van der Waals surface area contributed by atoms with Crippen molar-refractivity contribution in [1.29, 1.82) is 0 Å². The highest BCUT2D eigenvalue weighted by atomic mass is 16.5. The first-order chi connectivity index (χ1) is 15.5. The van der Waals surface area contributed by atoms with Gasteiger partial charge in [0.2, 0.25) is 0 Å². The first-order valence-electron chi connectivity index (χ1n) is 11.8. The lowest BCUT2D eigenvalue weighted by molar-refractivity contribution is 0.0296. The highest BCUT2D eigenvalue weighted by molar-refractivity contribution is 5.96. The van der Waals surface area contributed by atoms with E-state index in [1.165, 1.54) is 0 Å². The molecule has 0 bridgehead atoms. The predicted molar refractivity (Wildman–Crippen MR) is 117 cm³/mol. The number of fused-ring (bicyclic) bond motifs is 2. The van der Waals surface area contributed by atoms with Gasteiger partial charge in [-0.3, -0.25) is 19.4 Å². The second-order valence-electron chi connectivity index (χ2n) is 9.44. The Morgan fingerprint density at radius 3 is 2.56 bits per heavy atom. The molecule has 9 heteroatoms. The number of morpholine rings is 1. The van der Waals surface area contributed by atoms with Crippen molar-refractivity contribution in [3.05, 3.63) is 33.9 Å². The number of hydrogen-bond acceptors (Lipinski definition) is 5. The van der Waals surface area contributed by atoms with E-state index in [4.69, 9.17) is 9.84 Å². The van der Waals surface area contributed by atoms with Crippen LogP contribution >= 0.6 is 0 Å². The number of rotatable bonds is 5. The summed E-state index contributed by atoms with van der Waals surface area (Å²) in [6, 6.07) is 0. The maximum Gasteiger partial charge on any atom is 0.274 e. The highest BCUT2D eigenvalue weighted by Gasteiger charge is 2.34. The van der Waals surface area contributed by atoms with Gasteiger partial charge in [0.15, 0.2) is 11.4 Å². The fourth-order valence-electron chi connectivity index (χ4n) is 4.96. The van der Waals surface area contributed by atoms with Crippen LogP contribution in [0.2, 0.25) is 0 Å². The Bertz CT molecular complexity index is 1020. The largest absolute Gasteiger partial charge is 0.378 e. The van der Waals surface area contributed by atoms with Crippen LogP contribution in [0.1, 0.15) is 70.2 Å². The molecule has 1 aliphatic carbocycles. The molecule has 2 aliphatic heterocycles. The minimum absolute atomic E-state index is 0.0465. The van der Waals surface area contributed by atoms with Crippen molar-refractivity contribution in [2.45, 2.75) is 59.0 Å². The maximum atomic E-state index is 13.4. The summed E-state index contributed by atoms with van der Waals surface area (Å²) in [4.78, 5) is 30.3. The number of H-pyrrole nitrogens is 1. The minimum atomic E-state index is -0.0530. The lowest BCUT2D eigenvalue weighted by Gasteiger charge is -2.29. The standard InChI is InChI=1S/C23H32N6O3/c1-15(2)6-9-29-19-7-8-28(22(30)20-16-4-3-5-18(16)24-25-20)14-17(19)21(26-29)23(31)27-10-12-32-13-11-27/h15H,3-14H2,1-2H3,(H,24,25). The Labute approximate surface area is 188 Å². The number of aromatic amines is 1. The van der Waals surface area contributed by atoms with Crippen LogP contribution in [0.5, 0.6) is 0 Å².